The smallest absolute Gasteiger partial charge is 0.261 e. The zero-order chi connectivity index (χ0) is 20.7. The van der Waals surface area contributed by atoms with E-state index in [1.54, 1.807) is 17.9 Å². The molecule has 1 atom stereocenters. The molecule has 3 heterocycles. The third kappa shape index (κ3) is 3.16. The molecule has 0 aliphatic carbocycles. The highest BCUT2D eigenvalue weighted by Gasteiger charge is 2.35. The van der Waals surface area contributed by atoms with E-state index >= 15 is 0 Å². The maximum Gasteiger partial charge on any atom is 0.261 e. The van der Waals surface area contributed by atoms with Gasteiger partial charge in [-0.3, -0.25) is 14.2 Å². The fourth-order valence-electron chi connectivity index (χ4n) is 3.83. The molecule has 1 aliphatic rings. The molecule has 150 valence electrons. The van der Waals surface area contributed by atoms with Gasteiger partial charge in [0.25, 0.3) is 5.56 Å². The van der Waals surface area contributed by atoms with Crippen LogP contribution < -0.4 is 10.5 Å². The highest BCUT2D eigenvalue weighted by atomic mass is 16.5. The van der Waals surface area contributed by atoms with E-state index in [0.717, 1.165) is 5.69 Å². The number of benzene rings is 2. The molecule has 8 nitrogen and oxygen atoms in total. The van der Waals surface area contributed by atoms with Gasteiger partial charge in [0.15, 0.2) is 5.82 Å². The number of hydrogen-bond donors (Lipinski definition) is 0. The minimum Gasteiger partial charge on any atom is -0.339 e. The lowest BCUT2D eigenvalue weighted by Gasteiger charge is -2.15. The number of para-hydroxylation sites is 2. The highest BCUT2D eigenvalue weighted by molar-refractivity contribution is 5.96. The summed E-state index contributed by atoms with van der Waals surface area (Å²) in [5.41, 5.74) is 1.38. The largest absolute Gasteiger partial charge is 0.339 e. The van der Waals surface area contributed by atoms with Crippen molar-refractivity contribution in [3.05, 3.63) is 82.5 Å². The molecular weight excluding hydrogens is 382 g/mol. The van der Waals surface area contributed by atoms with Crippen LogP contribution in [0.2, 0.25) is 0 Å². The van der Waals surface area contributed by atoms with Gasteiger partial charge in [0.2, 0.25) is 11.8 Å². The van der Waals surface area contributed by atoms with Crippen molar-refractivity contribution in [2.24, 2.45) is 0 Å². The normalized spacial score (nSPS) is 16.5. The van der Waals surface area contributed by atoms with Crippen LogP contribution in [0.1, 0.15) is 29.9 Å². The van der Waals surface area contributed by atoms with Crippen molar-refractivity contribution in [2.75, 3.05) is 11.4 Å². The molecule has 0 N–H and O–H groups in total. The average molecular weight is 401 g/mol. The monoisotopic (exact) mass is 401 g/mol. The van der Waals surface area contributed by atoms with Crippen LogP contribution in [0.25, 0.3) is 10.9 Å². The van der Waals surface area contributed by atoms with Gasteiger partial charge in [-0.15, -0.1) is 0 Å². The molecule has 0 bridgehead atoms. The molecule has 2 aromatic carbocycles. The molecule has 1 saturated heterocycles. The molecule has 1 aliphatic heterocycles. The van der Waals surface area contributed by atoms with Crippen molar-refractivity contribution in [1.29, 1.82) is 0 Å². The third-order valence-corrected chi connectivity index (χ3v) is 5.38. The molecule has 0 spiro atoms. The lowest BCUT2D eigenvalue weighted by atomic mass is 10.1. The third-order valence-electron chi connectivity index (χ3n) is 5.38. The Labute approximate surface area is 171 Å². The Balaban J connectivity index is 1.39. The first-order valence-corrected chi connectivity index (χ1v) is 9.74. The number of aromatic nitrogens is 4. The molecule has 0 saturated carbocycles. The zero-order valence-corrected chi connectivity index (χ0v) is 16.4. The van der Waals surface area contributed by atoms with E-state index in [9.17, 15) is 9.59 Å². The SMILES string of the molecule is Cc1nc2ccccc2c(=O)n1Cc1noc([C@@H]2CC(=O)N(c3ccccc3)C2)n1. The maximum atomic E-state index is 12.8. The number of anilines is 1. The molecule has 0 radical (unpaired) electrons. The number of hydrogen-bond acceptors (Lipinski definition) is 6. The van der Waals surface area contributed by atoms with Gasteiger partial charge in [-0.2, -0.15) is 4.98 Å². The van der Waals surface area contributed by atoms with Gasteiger partial charge in [0.1, 0.15) is 5.82 Å². The fourth-order valence-corrected chi connectivity index (χ4v) is 3.83. The molecule has 8 heteroatoms. The highest BCUT2D eigenvalue weighted by Crippen LogP contribution is 2.30. The molecule has 4 aromatic rings. The topological polar surface area (TPSA) is 94.1 Å². The molecule has 30 heavy (non-hydrogen) atoms. The second-order valence-electron chi connectivity index (χ2n) is 7.36. The molecule has 1 amide bonds. The number of carbonyl (C=O) groups is 1. The summed E-state index contributed by atoms with van der Waals surface area (Å²) in [7, 11) is 0. The van der Waals surface area contributed by atoms with Gasteiger partial charge in [-0.05, 0) is 31.2 Å². The summed E-state index contributed by atoms with van der Waals surface area (Å²) in [6, 6.07) is 16.8. The Morgan fingerprint density at radius 2 is 1.80 bits per heavy atom. The quantitative estimate of drug-likeness (QED) is 0.522. The van der Waals surface area contributed by atoms with Gasteiger partial charge < -0.3 is 9.42 Å². The Kier molecular flexibility index (Phi) is 4.39. The van der Waals surface area contributed by atoms with Crippen molar-refractivity contribution in [1.82, 2.24) is 19.7 Å². The van der Waals surface area contributed by atoms with Crippen molar-refractivity contribution in [3.8, 4) is 0 Å². The van der Waals surface area contributed by atoms with Crippen LogP contribution in [0, 0.1) is 6.92 Å². The Morgan fingerprint density at radius 3 is 2.63 bits per heavy atom. The van der Waals surface area contributed by atoms with Crippen LogP contribution in [0.15, 0.2) is 63.9 Å². The molecule has 2 aromatic heterocycles. The second-order valence-corrected chi connectivity index (χ2v) is 7.36. The predicted molar refractivity (Wildman–Crippen MR) is 110 cm³/mol. The first-order chi connectivity index (χ1) is 14.6. The maximum absolute atomic E-state index is 12.8. The number of fused-ring (bicyclic) bond motifs is 1. The average Bonchev–Trinajstić information content (AvgIpc) is 3.38. The van der Waals surface area contributed by atoms with E-state index in [1.165, 1.54) is 4.57 Å². The van der Waals surface area contributed by atoms with Gasteiger partial charge in [-0.1, -0.05) is 35.5 Å². The summed E-state index contributed by atoms with van der Waals surface area (Å²) in [4.78, 5) is 36.0. The second kappa shape index (κ2) is 7.22. The number of amides is 1. The first kappa shape index (κ1) is 18.2. The van der Waals surface area contributed by atoms with Gasteiger partial charge in [0, 0.05) is 18.7 Å². The van der Waals surface area contributed by atoms with Crippen LogP contribution in [-0.4, -0.2) is 32.1 Å². The van der Waals surface area contributed by atoms with Crippen LogP contribution in [0.4, 0.5) is 5.69 Å². The van der Waals surface area contributed by atoms with Crippen LogP contribution in [0.3, 0.4) is 0 Å². The fraction of sp³-hybridized carbons (Fsp3) is 0.227. The number of rotatable bonds is 4. The molecule has 5 rings (SSSR count). The number of aryl methyl sites for hydroxylation is 1. The van der Waals surface area contributed by atoms with E-state index in [0.29, 0.717) is 41.4 Å². The Bertz CT molecular complexity index is 1300. The summed E-state index contributed by atoms with van der Waals surface area (Å²) in [5.74, 6) is 1.23. The minimum absolute atomic E-state index is 0.0248. The van der Waals surface area contributed by atoms with Crippen molar-refractivity contribution in [2.45, 2.75) is 25.8 Å². The Morgan fingerprint density at radius 1 is 1.03 bits per heavy atom. The predicted octanol–water partition coefficient (Wildman–Crippen LogP) is 2.66. The van der Waals surface area contributed by atoms with Crippen LogP contribution in [-0.2, 0) is 11.3 Å². The molecule has 0 unspecified atom stereocenters. The lowest BCUT2D eigenvalue weighted by Crippen LogP contribution is -2.25. The van der Waals surface area contributed by atoms with Crippen LogP contribution in [0.5, 0.6) is 0 Å². The number of carbonyl (C=O) groups excluding carboxylic acids is 1. The van der Waals surface area contributed by atoms with Gasteiger partial charge in [-0.25, -0.2) is 4.98 Å². The van der Waals surface area contributed by atoms with Crippen molar-refractivity contribution < 1.29 is 9.32 Å². The number of nitrogens with zero attached hydrogens (tertiary/aromatic N) is 5. The van der Waals surface area contributed by atoms with E-state index in [4.69, 9.17) is 4.52 Å². The summed E-state index contributed by atoms with van der Waals surface area (Å²) in [6.45, 7) is 2.43. The lowest BCUT2D eigenvalue weighted by molar-refractivity contribution is -0.117. The molecule has 1 fully saturated rings. The summed E-state index contributed by atoms with van der Waals surface area (Å²) < 4.78 is 6.98. The van der Waals surface area contributed by atoms with Crippen molar-refractivity contribution >= 4 is 22.5 Å². The van der Waals surface area contributed by atoms with E-state index < -0.39 is 0 Å². The van der Waals surface area contributed by atoms with Gasteiger partial charge >= 0.3 is 0 Å². The van der Waals surface area contributed by atoms with E-state index in [2.05, 4.69) is 15.1 Å². The minimum atomic E-state index is -0.175. The summed E-state index contributed by atoms with van der Waals surface area (Å²) >= 11 is 0. The van der Waals surface area contributed by atoms with Crippen molar-refractivity contribution in [3.63, 3.8) is 0 Å². The first-order valence-electron chi connectivity index (χ1n) is 9.74. The summed E-state index contributed by atoms with van der Waals surface area (Å²) in [5, 5.41) is 4.59. The Hall–Kier alpha value is -3.81. The van der Waals surface area contributed by atoms with E-state index in [1.807, 2.05) is 48.5 Å². The molecular formula is C22H19N5O3. The van der Waals surface area contributed by atoms with Crippen LogP contribution >= 0.6 is 0 Å². The zero-order valence-electron chi connectivity index (χ0n) is 16.4. The standard InChI is InChI=1S/C22H19N5O3/c1-14-23-18-10-6-5-9-17(18)22(29)26(14)13-19-24-21(30-25-19)15-11-20(28)27(12-15)16-7-3-2-4-8-16/h2-10,15H,11-13H2,1H3/t15-/m1/s1. The summed E-state index contributed by atoms with van der Waals surface area (Å²) in [6.07, 6.45) is 0.313. The van der Waals surface area contributed by atoms with E-state index in [-0.39, 0.29) is 23.9 Å². The van der Waals surface area contributed by atoms with Gasteiger partial charge in [0.05, 0.1) is 23.4 Å².